The third kappa shape index (κ3) is 2.94. The Morgan fingerprint density at radius 3 is 2.43 bits per heavy atom. The molecule has 0 saturated carbocycles. The molecular formula is C15H16F2N4. The molecule has 3 rings (SSSR count). The highest BCUT2D eigenvalue weighted by molar-refractivity contribution is 5.61. The monoisotopic (exact) mass is 290 g/mol. The summed E-state index contributed by atoms with van der Waals surface area (Å²) in [6.07, 6.45) is 2.27. The summed E-state index contributed by atoms with van der Waals surface area (Å²) < 4.78 is 27.4. The van der Waals surface area contributed by atoms with Gasteiger partial charge in [-0.15, -0.1) is 0 Å². The summed E-state index contributed by atoms with van der Waals surface area (Å²) in [5, 5.41) is 2.72. The standard InChI is InChI=1S/C15H16F2N4/c1-10-18-13(9-14(19-10)21-7-2-3-8-21)20-15-11(16)5-4-6-12(15)17/h4-6,9H,2-3,7-8H2,1H3,(H,18,19,20). The van der Waals surface area contributed by atoms with Crippen molar-refractivity contribution in [3.05, 3.63) is 41.7 Å². The fourth-order valence-corrected chi connectivity index (χ4v) is 2.47. The van der Waals surface area contributed by atoms with Gasteiger partial charge in [-0.2, -0.15) is 0 Å². The Hall–Kier alpha value is -2.24. The first-order valence-electron chi connectivity index (χ1n) is 6.95. The molecule has 1 N–H and O–H groups in total. The molecule has 1 aliphatic heterocycles. The number of anilines is 3. The first-order valence-corrected chi connectivity index (χ1v) is 6.95. The largest absolute Gasteiger partial charge is 0.356 e. The molecule has 2 heterocycles. The molecule has 0 bridgehead atoms. The van der Waals surface area contributed by atoms with E-state index in [2.05, 4.69) is 20.2 Å². The number of hydrogen-bond acceptors (Lipinski definition) is 4. The van der Waals surface area contributed by atoms with E-state index in [0.717, 1.165) is 31.7 Å². The van der Waals surface area contributed by atoms with Crippen molar-refractivity contribution in [1.29, 1.82) is 0 Å². The van der Waals surface area contributed by atoms with Gasteiger partial charge in [-0.25, -0.2) is 18.7 Å². The van der Waals surface area contributed by atoms with Crippen molar-refractivity contribution in [2.45, 2.75) is 19.8 Å². The van der Waals surface area contributed by atoms with Crippen molar-refractivity contribution in [1.82, 2.24) is 9.97 Å². The van der Waals surface area contributed by atoms with Gasteiger partial charge in [-0.05, 0) is 31.9 Å². The summed E-state index contributed by atoms with van der Waals surface area (Å²) >= 11 is 0. The van der Waals surface area contributed by atoms with Crippen LogP contribution in [0, 0.1) is 18.6 Å². The van der Waals surface area contributed by atoms with Gasteiger partial charge >= 0.3 is 0 Å². The van der Waals surface area contributed by atoms with E-state index in [1.807, 2.05) is 0 Å². The van der Waals surface area contributed by atoms with Gasteiger partial charge in [0.05, 0.1) is 0 Å². The van der Waals surface area contributed by atoms with E-state index in [1.54, 1.807) is 13.0 Å². The van der Waals surface area contributed by atoms with E-state index in [1.165, 1.54) is 18.2 Å². The number of halogens is 2. The van der Waals surface area contributed by atoms with Crippen LogP contribution in [0.25, 0.3) is 0 Å². The third-order valence-electron chi connectivity index (χ3n) is 3.47. The van der Waals surface area contributed by atoms with Gasteiger partial charge in [-0.3, -0.25) is 0 Å². The van der Waals surface area contributed by atoms with Crippen molar-refractivity contribution in [2.75, 3.05) is 23.3 Å². The van der Waals surface area contributed by atoms with Crippen LogP contribution >= 0.6 is 0 Å². The molecule has 0 aliphatic carbocycles. The Labute approximate surface area is 121 Å². The smallest absolute Gasteiger partial charge is 0.149 e. The van der Waals surface area contributed by atoms with Crippen molar-refractivity contribution in [2.24, 2.45) is 0 Å². The van der Waals surface area contributed by atoms with E-state index in [0.29, 0.717) is 11.6 Å². The van der Waals surface area contributed by atoms with Crippen molar-refractivity contribution >= 4 is 17.3 Å². The lowest BCUT2D eigenvalue weighted by molar-refractivity contribution is 0.590. The maximum Gasteiger partial charge on any atom is 0.149 e. The fraction of sp³-hybridized carbons (Fsp3) is 0.333. The van der Waals surface area contributed by atoms with Gasteiger partial charge in [0.2, 0.25) is 0 Å². The summed E-state index contributed by atoms with van der Waals surface area (Å²) in [4.78, 5) is 10.7. The number of hydrogen-bond donors (Lipinski definition) is 1. The van der Waals surface area contributed by atoms with Crippen LogP contribution in [-0.2, 0) is 0 Å². The van der Waals surface area contributed by atoms with Crippen LogP contribution in [0.4, 0.5) is 26.1 Å². The quantitative estimate of drug-likeness (QED) is 0.940. The second kappa shape index (κ2) is 5.63. The summed E-state index contributed by atoms with van der Waals surface area (Å²) in [5.74, 6) is 0.467. The molecule has 4 nitrogen and oxygen atoms in total. The lowest BCUT2D eigenvalue weighted by atomic mass is 10.3. The molecular weight excluding hydrogens is 274 g/mol. The fourth-order valence-electron chi connectivity index (χ4n) is 2.47. The number of aromatic nitrogens is 2. The van der Waals surface area contributed by atoms with E-state index in [4.69, 9.17) is 0 Å². The van der Waals surface area contributed by atoms with Gasteiger partial charge < -0.3 is 10.2 Å². The van der Waals surface area contributed by atoms with Gasteiger partial charge in [0.1, 0.15) is 34.8 Å². The first-order chi connectivity index (χ1) is 10.1. The van der Waals surface area contributed by atoms with Crippen LogP contribution in [0.2, 0.25) is 0 Å². The first kappa shape index (κ1) is 13.7. The molecule has 6 heteroatoms. The van der Waals surface area contributed by atoms with E-state index >= 15 is 0 Å². The molecule has 0 spiro atoms. The highest BCUT2D eigenvalue weighted by Gasteiger charge is 2.16. The molecule has 0 amide bonds. The Bertz CT molecular complexity index is 634. The molecule has 21 heavy (non-hydrogen) atoms. The molecule has 1 fully saturated rings. The zero-order chi connectivity index (χ0) is 14.8. The summed E-state index contributed by atoms with van der Waals surface area (Å²) in [6.45, 7) is 3.66. The number of benzene rings is 1. The number of nitrogens with one attached hydrogen (secondary N) is 1. The number of para-hydroxylation sites is 1. The van der Waals surface area contributed by atoms with Gasteiger partial charge in [0.15, 0.2) is 0 Å². The summed E-state index contributed by atoms with van der Waals surface area (Å²) in [7, 11) is 0. The SMILES string of the molecule is Cc1nc(Nc2c(F)cccc2F)cc(N2CCCC2)n1. The third-order valence-corrected chi connectivity index (χ3v) is 3.47. The van der Waals surface area contributed by atoms with Crippen molar-refractivity contribution in [3.63, 3.8) is 0 Å². The molecule has 0 unspecified atom stereocenters. The minimum Gasteiger partial charge on any atom is -0.356 e. The Kier molecular flexibility index (Phi) is 3.68. The average Bonchev–Trinajstić information content (AvgIpc) is 2.97. The second-order valence-corrected chi connectivity index (χ2v) is 5.07. The Balaban J connectivity index is 1.91. The van der Waals surface area contributed by atoms with Gasteiger partial charge in [-0.1, -0.05) is 6.07 Å². The number of aryl methyl sites for hydroxylation is 1. The minimum atomic E-state index is -0.644. The zero-order valence-electron chi connectivity index (χ0n) is 11.7. The molecule has 1 saturated heterocycles. The van der Waals surface area contributed by atoms with E-state index < -0.39 is 11.6 Å². The van der Waals surface area contributed by atoms with Crippen LogP contribution in [0.1, 0.15) is 18.7 Å². The molecule has 1 aliphatic rings. The Morgan fingerprint density at radius 1 is 1.10 bits per heavy atom. The van der Waals surface area contributed by atoms with E-state index in [9.17, 15) is 8.78 Å². The molecule has 2 aromatic rings. The van der Waals surface area contributed by atoms with Crippen LogP contribution in [0.5, 0.6) is 0 Å². The van der Waals surface area contributed by atoms with Crippen LogP contribution in [-0.4, -0.2) is 23.1 Å². The molecule has 0 atom stereocenters. The van der Waals surface area contributed by atoms with Crippen LogP contribution in [0.3, 0.4) is 0 Å². The predicted molar refractivity (Wildman–Crippen MR) is 77.9 cm³/mol. The lowest BCUT2D eigenvalue weighted by Gasteiger charge is -2.18. The van der Waals surface area contributed by atoms with Gasteiger partial charge in [0, 0.05) is 19.2 Å². The van der Waals surface area contributed by atoms with Gasteiger partial charge in [0.25, 0.3) is 0 Å². The summed E-state index contributed by atoms with van der Waals surface area (Å²) in [5.41, 5.74) is -0.192. The average molecular weight is 290 g/mol. The van der Waals surface area contributed by atoms with Crippen molar-refractivity contribution in [3.8, 4) is 0 Å². The van der Waals surface area contributed by atoms with Crippen LogP contribution < -0.4 is 10.2 Å². The second-order valence-electron chi connectivity index (χ2n) is 5.07. The van der Waals surface area contributed by atoms with Crippen molar-refractivity contribution < 1.29 is 8.78 Å². The summed E-state index contributed by atoms with van der Waals surface area (Å²) in [6, 6.07) is 5.47. The predicted octanol–water partition coefficient (Wildman–Crippen LogP) is 3.41. The zero-order valence-corrected chi connectivity index (χ0v) is 11.7. The molecule has 110 valence electrons. The maximum absolute atomic E-state index is 13.7. The topological polar surface area (TPSA) is 41.1 Å². The van der Waals surface area contributed by atoms with Crippen LogP contribution in [0.15, 0.2) is 24.3 Å². The molecule has 1 aromatic heterocycles. The van der Waals surface area contributed by atoms with E-state index in [-0.39, 0.29) is 5.69 Å². The minimum absolute atomic E-state index is 0.192. The number of nitrogens with zero attached hydrogens (tertiary/aromatic N) is 3. The highest BCUT2D eigenvalue weighted by atomic mass is 19.1. The molecule has 0 radical (unpaired) electrons. The molecule has 1 aromatic carbocycles. The Morgan fingerprint density at radius 2 is 1.76 bits per heavy atom. The number of rotatable bonds is 3. The lowest BCUT2D eigenvalue weighted by Crippen LogP contribution is -2.19. The maximum atomic E-state index is 13.7. The normalized spacial score (nSPS) is 14.5. The highest BCUT2D eigenvalue weighted by Crippen LogP contribution is 2.25.